The molecule has 25 heavy (non-hydrogen) atoms. The van der Waals surface area contributed by atoms with Gasteiger partial charge >= 0.3 is 5.97 Å². The van der Waals surface area contributed by atoms with Crippen molar-refractivity contribution < 1.29 is 23.1 Å². The van der Waals surface area contributed by atoms with E-state index >= 15 is 0 Å². The van der Waals surface area contributed by atoms with Crippen molar-refractivity contribution >= 4 is 23.6 Å². The summed E-state index contributed by atoms with van der Waals surface area (Å²) in [4.78, 5) is 28.1. The van der Waals surface area contributed by atoms with Crippen molar-refractivity contribution in [3.63, 3.8) is 0 Å². The van der Waals surface area contributed by atoms with Gasteiger partial charge in [0.1, 0.15) is 10.6 Å². The molecular weight excluding hydrogens is 352 g/mol. The van der Waals surface area contributed by atoms with Gasteiger partial charge in [-0.15, -0.1) is 0 Å². The lowest BCUT2D eigenvalue weighted by Gasteiger charge is -2.28. The molecule has 0 spiro atoms. The van der Waals surface area contributed by atoms with Gasteiger partial charge in [-0.3, -0.25) is 4.79 Å². The Morgan fingerprint density at radius 2 is 2.04 bits per heavy atom. The molecule has 0 saturated heterocycles. The Bertz CT molecular complexity index is 679. The highest BCUT2D eigenvalue weighted by Crippen LogP contribution is 2.27. The van der Waals surface area contributed by atoms with Gasteiger partial charge in [0.15, 0.2) is 6.10 Å². The molecule has 0 saturated carbocycles. The first-order valence-electron chi connectivity index (χ1n) is 7.44. The van der Waals surface area contributed by atoms with E-state index < -0.39 is 29.3 Å². The lowest BCUT2D eigenvalue weighted by Crippen LogP contribution is -2.52. The molecule has 0 aromatic carbocycles. The van der Waals surface area contributed by atoms with Crippen LogP contribution in [0.4, 0.5) is 8.78 Å². The van der Waals surface area contributed by atoms with Crippen molar-refractivity contribution in [3.05, 3.63) is 23.9 Å². The van der Waals surface area contributed by atoms with Crippen LogP contribution in [0.1, 0.15) is 38.1 Å². The molecule has 1 N–H and O–H groups in total. The molecule has 9 heteroatoms. The Labute approximate surface area is 148 Å². The fourth-order valence-corrected chi connectivity index (χ4v) is 2.23. The smallest absolute Gasteiger partial charge is 0.341 e. The molecule has 1 heterocycles. The quantitative estimate of drug-likeness (QED) is 0.585. The zero-order chi connectivity index (χ0) is 19.2. The molecule has 136 valence electrons. The largest absolute Gasteiger partial charge is 0.449 e. The minimum atomic E-state index is -2.75. The van der Waals surface area contributed by atoms with Gasteiger partial charge in [-0.25, -0.2) is 9.78 Å². The lowest BCUT2D eigenvalue weighted by atomic mass is 9.90. The summed E-state index contributed by atoms with van der Waals surface area (Å²) in [5.41, 5.74) is -1.28. The molecule has 1 rings (SSSR count). The summed E-state index contributed by atoms with van der Waals surface area (Å²) in [5.74, 6) is -4.51. The summed E-state index contributed by atoms with van der Waals surface area (Å²) < 4.78 is 30.1. The molecule has 2 atom stereocenters. The molecule has 6 nitrogen and oxygen atoms in total. The first-order chi connectivity index (χ1) is 11.6. The normalized spacial score (nSPS) is 14.5. The number of ether oxygens (including phenoxy) is 1. The van der Waals surface area contributed by atoms with E-state index in [0.717, 1.165) is 0 Å². The third-order valence-electron chi connectivity index (χ3n) is 3.61. The van der Waals surface area contributed by atoms with Gasteiger partial charge in [0.2, 0.25) is 0 Å². The Morgan fingerprint density at radius 3 is 2.56 bits per heavy atom. The van der Waals surface area contributed by atoms with E-state index in [1.807, 2.05) is 6.07 Å². The van der Waals surface area contributed by atoms with Gasteiger partial charge in [-0.1, -0.05) is 13.8 Å². The first kappa shape index (κ1) is 20.8. The minimum Gasteiger partial charge on any atom is -0.449 e. The number of aromatic nitrogens is 1. The monoisotopic (exact) mass is 371 g/mol. The maximum absolute atomic E-state index is 12.5. The fourth-order valence-electron chi connectivity index (χ4n) is 1.66. The maximum Gasteiger partial charge on any atom is 0.341 e. The number of nitrogens with one attached hydrogen (secondary N) is 1. The summed E-state index contributed by atoms with van der Waals surface area (Å²) >= 11 is 0.118. The van der Waals surface area contributed by atoms with Gasteiger partial charge in [-0.05, 0) is 43.7 Å². The highest BCUT2D eigenvalue weighted by atomic mass is 32.2. The van der Waals surface area contributed by atoms with E-state index in [1.54, 1.807) is 20.8 Å². The van der Waals surface area contributed by atoms with Gasteiger partial charge in [0.05, 0.1) is 11.6 Å². The number of rotatable bonds is 7. The van der Waals surface area contributed by atoms with Crippen LogP contribution in [-0.4, -0.2) is 34.3 Å². The van der Waals surface area contributed by atoms with Crippen molar-refractivity contribution in [2.75, 3.05) is 0 Å². The van der Waals surface area contributed by atoms with Crippen LogP contribution in [0, 0.1) is 17.2 Å². The molecule has 0 radical (unpaired) electrons. The minimum absolute atomic E-state index is 0.118. The molecule has 1 amide bonds. The Balaban J connectivity index is 2.84. The highest BCUT2D eigenvalue weighted by molar-refractivity contribution is 7.99. The van der Waals surface area contributed by atoms with E-state index in [9.17, 15) is 23.6 Å². The number of thioether (sulfide) groups is 1. The van der Waals surface area contributed by atoms with E-state index in [1.165, 1.54) is 25.3 Å². The first-order valence-corrected chi connectivity index (χ1v) is 8.32. The number of esters is 1. The summed E-state index contributed by atoms with van der Waals surface area (Å²) in [6.07, 6.45) is 0.0713. The average Bonchev–Trinajstić information content (AvgIpc) is 2.54. The predicted molar refractivity (Wildman–Crippen MR) is 88.0 cm³/mol. The van der Waals surface area contributed by atoms with E-state index in [4.69, 9.17) is 4.74 Å². The summed E-state index contributed by atoms with van der Waals surface area (Å²) in [6.45, 7) is 6.43. The van der Waals surface area contributed by atoms with E-state index in [2.05, 4.69) is 10.3 Å². The molecule has 0 aliphatic heterocycles. The van der Waals surface area contributed by atoms with Gasteiger partial charge in [0.25, 0.3) is 11.7 Å². The number of carbonyl (C=O) groups excluding carboxylic acids is 2. The summed E-state index contributed by atoms with van der Waals surface area (Å²) in [5, 5.41) is 11.6. The molecule has 1 aromatic rings. The van der Waals surface area contributed by atoms with Crippen LogP contribution in [-0.2, 0) is 9.53 Å². The number of carbonyl (C=O) groups is 2. The van der Waals surface area contributed by atoms with Crippen LogP contribution in [0.3, 0.4) is 0 Å². The standard InChI is InChI=1S/C16H19F2N3O3S/c1-9(2)16(4,8-19)21-12(22)10(3)24-14(23)11-6-5-7-20-13(11)25-15(17)18/h5-7,9-10,15H,1-4H3,(H,21,22)/t10-,16+/m0/s1. The third kappa shape index (κ3) is 5.67. The Hall–Kier alpha value is -2.21. The van der Waals surface area contributed by atoms with Crippen molar-refractivity contribution in [2.45, 2.75) is 50.1 Å². The Kier molecular flexibility index (Phi) is 7.30. The number of halogens is 2. The molecule has 1 aromatic heterocycles. The predicted octanol–water partition coefficient (Wildman–Crippen LogP) is 3.00. The second-order valence-electron chi connectivity index (χ2n) is 5.74. The number of pyridine rings is 1. The number of nitrogens with zero attached hydrogens (tertiary/aromatic N) is 2. The number of amides is 1. The second-order valence-corrected chi connectivity index (χ2v) is 6.72. The fraction of sp³-hybridized carbons (Fsp3) is 0.500. The number of hydrogen-bond donors (Lipinski definition) is 1. The average molecular weight is 371 g/mol. The zero-order valence-corrected chi connectivity index (χ0v) is 15.1. The molecule has 0 aliphatic carbocycles. The van der Waals surface area contributed by atoms with Gasteiger partial charge < -0.3 is 10.1 Å². The van der Waals surface area contributed by atoms with Gasteiger partial charge in [-0.2, -0.15) is 14.0 Å². The SMILES string of the molecule is CC(C)[C@@](C)(C#N)NC(=O)[C@H](C)OC(=O)c1cccnc1SC(F)F. The number of hydrogen-bond acceptors (Lipinski definition) is 6. The van der Waals surface area contributed by atoms with Crippen LogP contribution < -0.4 is 5.32 Å². The van der Waals surface area contributed by atoms with Gasteiger partial charge in [0, 0.05) is 6.20 Å². The van der Waals surface area contributed by atoms with Crippen molar-refractivity contribution in [1.29, 1.82) is 5.26 Å². The summed E-state index contributed by atoms with van der Waals surface area (Å²) in [6, 6.07) is 4.71. The van der Waals surface area contributed by atoms with E-state index in [0.29, 0.717) is 0 Å². The van der Waals surface area contributed by atoms with Crippen LogP contribution in [0.15, 0.2) is 23.4 Å². The molecule has 0 bridgehead atoms. The highest BCUT2D eigenvalue weighted by Gasteiger charge is 2.33. The second kappa shape index (κ2) is 8.76. The Morgan fingerprint density at radius 1 is 1.40 bits per heavy atom. The summed E-state index contributed by atoms with van der Waals surface area (Å²) in [7, 11) is 0. The molecule has 0 aliphatic rings. The molecule has 0 fully saturated rings. The number of nitriles is 1. The van der Waals surface area contributed by atoms with Crippen LogP contribution in [0.25, 0.3) is 0 Å². The molecule has 0 unspecified atom stereocenters. The zero-order valence-electron chi connectivity index (χ0n) is 14.2. The lowest BCUT2D eigenvalue weighted by molar-refractivity contribution is -0.130. The van der Waals surface area contributed by atoms with Crippen LogP contribution in [0.5, 0.6) is 0 Å². The van der Waals surface area contributed by atoms with Crippen molar-refractivity contribution in [1.82, 2.24) is 10.3 Å². The van der Waals surface area contributed by atoms with Crippen LogP contribution in [0.2, 0.25) is 0 Å². The van der Waals surface area contributed by atoms with Crippen molar-refractivity contribution in [3.8, 4) is 6.07 Å². The maximum atomic E-state index is 12.5. The number of alkyl halides is 2. The third-order valence-corrected chi connectivity index (χ3v) is 4.34. The molecular formula is C16H19F2N3O3S. The van der Waals surface area contributed by atoms with Crippen molar-refractivity contribution in [2.24, 2.45) is 5.92 Å². The topological polar surface area (TPSA) is 92.1 Å². The van der Waals surface area contributed by atoms with Crippen LogP contribution >= 0.6 is 11.8 Å². The van der Waals surface area contributed by atoms with E-state index in [-0.39, 0.29) is 28.3 Å².